The van der Waals surface area contributed by atoms with Gasteiger partial charge in [-0.05, 0) is 52.6 Å². The maximum absolute atomic E-state index is 5.97. The third-order valence-electron chi connectivity index (χ3n) is 4.07. The van der Waals surface area contributed by atoms with Gasteiger partial charge in [-0.1, -0.05) is 0 Å². The summed E-state index contributed by atoms with van der Waals surface area (Å²) in [6, 6.07) is 0.327. The Kier molecular flexibility index (Phi) is 6.23. The van der Waals surface area contributed by atoms with Gasteiger partial charge in [-0.3, -0.25) is 4.90 Å². The zero-order valence-corrected chi connectivity index (χ0v) is 13.0. The summed E-state index contributed by atoms with van der Waals surface area (Å²) in [5.41, 5.74) is 5.97. The van der Waals surface area contributed by atoms with E-state index in [1.165, 1.54) is 12.8 Å². The molecule has 19 heavy (non-hydrogen) atoms. The van der Waals surface area contributed by atoms with Gasteiger partial charge in [0, 0.05) is 12.6 Å². The van der Waals surface area contributed by atoms with Crippen molar-refractivity contribution in [2.75, 3.05) is 13.1 Å². The molecule has 1 aliphatic heterocycles. The number of likely N-dealkylation sites (tertiary alicyclic amines) is 1. The Morgan fingerprint density at radius 2 is 1.95 bits per heavy atom. The molecule has 110 valence electrons. The highest BCUT2D eigenvalue weighted by Gasteiger charge is 2.23. The molecule has 0 spiro atoms. The molecule has 2 N–H and O–H groups in total. The first-order chi connectivity index (χ1) is 8.61. The van der Waals surface area contributed by atoms with Crippen molar-refractivity contribution in [2.24, 2.45) is 11.7 Å². The van der Waals surface area contributed by atoms with Crippen molar-refractivity contribution >= 4 is 12.4 Å². The van der Waals surface area contributed by atoms with Gasteiger partial charge < -0.3 is 10.3 Å². The molecule has 0 bridgehead atoms. The molecule has 1 aromatic heterocycles. The highest BCUT2D eigenvalue weighted by Crippen LogP contribution is 2.20. The largest absolute Gasteiger partial charge is 0.328 e. The van der Waals surface area contributed by atoms with Gasteiger partial charge >= 0.3 is 0 Å². The summed E-state index contributed by atoms with van der Waals surface area (Å²) < 4.78 is 2.19. The van der Waals surface area contributed by atoms with Crippen LogP contribution in [-0.2, 0) is 13.1 Å². The number of hydrogen-bond acceptors (Lipinski definition) is 4. The summed E-state index contributed by atoms with van der Waals surface area (Å²) in [5, 5.41) is 8.44. The SMILES string of the molecule is CCn1c(C)nnc1CN1CCC(C(C)N)CC1.Cl. The van der Waals surface area contributed by atoms with Crippen LogP contribution in [-0.4, -0.2) is 38.8 Å². The summed E-state index contributed by atoms with van der Waals surface area (Å²) in [6.45, 7) is 10.4. The number of aryl methyl sites for hydroxylation is 1. The number of halogens is 1. The second kappa shape index (κ2) is 7.22. The summed E-state index contributed by atoms with van der Waals surface area (Å²) in [7, 11) is 0. The Morgan fingerprint density at radius 3 is 2.47 bits per heavy atom. The van der Waals surface area contributed by atoms with Crippen LogP contribution in [0.5, 0.6) is 0 Å². The number of nitrogens with two attached hydrogens (primary N) is 1. The number of hydrogen-bond donors (Lipinski definition) is 1. The number of nitrogens with zero attached hydrogens (tertiary/aromatic N) is 4. The molecule has 0 amide bonds. The minimum absolute atomic E-state index is 0. The molecule has 0 saturated carbocycles. The molecular formula is C13H26ClN5. The highest BCUT2D eigenvalue weighted by atomic mass is 35.5. The molecule has 2 heterocycles. The van der Waals surface area contributed by atoms with E-state index in [2.05, 4.69) is 33.5 Å². The van der Waals surface area contributed by atoms with Crippen LogP contribution >= 0.6 is 12.4 Å². The fourth-order valence-corrected chi connectivity index (χ4v) is 2.79. The Hall–Kier alpha value is -0.650. The van der Waals surface area contributed by atoms with Crippen LogP contribution in [0.3, 0.4) is 0 Å². The van der Waals surface area contributed by atoms with Gasteiger partial charge in [0.05, 0.1) is 6.54 Å². The van der Waals surface area contributed by atoms with Crippen molar-refractivity contribution in [2.45, 2.75) is 52.7 Å². The maximum atomic E-state index is 5.97. The predicted molar refractivity (Wildman–Crippen MR) is 79.3 cm³/mol. The lowest BCUT2D eigenvalue weighted by Crippen LogP contribution is -2.39. The van der Waals surface area contributed by atoms with E-state index < -0.39 is 0 Å². The van der Waals surface area contributed by atoms with E-state index in [9.17, 15) is 0 Å². The Balaban J connectivity index is 0.00000180. The molecule has 1 aliphatic rings. The van der Waals surface area contributed by atoms with Crippen molar-refractivity contribution in [3.05, 3.63) is 11.6 Å². The zero-order chi connectivity index (χ0) is 13.1. The van der Waals surface area contributed by atoms with E-state index in [1.54, 1.807) is 0 Å². The van der Waals surface area contributed by atoms with Gasteiger partial charge in [0.15, 0.2) is 0 Å². The normalized spacial score (nSPS) is 19.2. The quantitative estimate of drug-likeness (QED) is 0.914. The fourth-order valence-electron chi connectivity index (χ4n) is 2.79. The lowest BCUT2D eigenvalue weighted by molar-refractivity contribution is 0.161. The van der Waals surface area contributed by atoms with E-state index in [-0.39, 0.29) is 12.4 Å². The second-order valence-corrected chi connectivity index (χ2v) is 5.38. The molecular weight excluding hydrogens is 262 g/mol. The van der Waals surface area contributed by atoms with Gasteiger partial charge in [-0.2, -0.15) is 0 Å². The monoisotopic (exact) mass is 287 g/mol. The molecule has 6 heteroatoms. The van der Waals surface area contributed by atoms with E-state index >= 15 is 0 Å². The first-order valence-electron chi connectivity index (χ1n) is 6.98. The molecule has 1 saturated heterocycles. The molecule has 2 rings (SSSR count). The Morgan fingerprint density at radius 1 is 1.32 bits per heavy atom. The lowest BCUT2D eigenvalue weighted by atomic mass is 9.91. The van der Waals surface area contributed by atoms with Gasteiger partial charge in [0.2, 0.25) is 0 Å². The third kappa shape index (κ3) is 3.91. The summed E-state index contributed by atoms with van der Waals surface area (Å²) in [6.07, 6.45) is 2.41. The minimum atomic E-state index is 0. The molecule has 0 aromatic carbocycles. The van der Waals surface area contributed by atoms with Gasteiger partial charge in [-0.25, -0.2) is 0 Å². The van der Waals surface area contributed by atoms with Crippen LogP contribution in [0.4, 0.5) is 0 Å². The van der Waals surface area contributed by atoms with Gasteiger partial charge in [-0.15, -0.1) is 22.6 Å². The van der Waals surface area contributed by atoms with Crippen molar-refractivity contribution in [1.29, 1.82) is 0 Å². The maximum Gasteiger partial charge on any atom is 0.147 e. The molecule has 1 atom stereocenters. The molecule has 5 nitrogen and oxygen atoms in total. The fraction of sp³-hybridized carbons (Fsp3) is 0.846. The van der Waals surface area contributed by atoms with E-state index in [4.69, 9.17) is 5.73 Å². The molecule has 0 radical (unpaired) electrons. The zero-order valence-electron chi connectivity index (χ0n) is 12.2. The van der Waals surface area contributed by atoms with Crippen LogP contribution < -0.4 is 5.73 Å². The molecule has 0 aliphatic carbocycles. The molecule has 1 fully saturated rings. The van der Waals surface area contributed by atoms with Crippen LogP contribution in [0.2, 0.25) is 0 Å². The molecule has 1 unspecified atom stereocenters. The van der Waals surface area contributed by atoms with Gasteiger partial charge in [0.1, 0.15) is 11.6 Å². The highest BCUT2D eigenvalue weighted by molar-refractivity contribution is 5.85. The van der Waals surface area contributed by atoms with E-state index in [1.807, 2.05) is 6.92 Å². The number of piperidine rings is 1. The smallest absolute Gasteiger partial charge is 0.147 e. The number of aromatic nitrogens is 3. The summed E-state index contributed by atoms with van der Waals surface area (Å²) in [5.74, 6) is 2.79. The van der Waals surface area contributed by atoms with Crippen LogP contribution in [0.15, 0.2) is 0 Å². The predicted octanol–water partition coefficient (Wildman–Crippen LogP) is 1.59. The molecule has 1 aromatic rings. The first-order valence-corrected chi connectivity index (χ1v) is 6.98. The van der Waals surface area contributed by atoms with Crippen LogP contribution in [0, 0.1) is 12.8 Å². The van der Waals surface area contributed by atoms with Crippen LogP contribution in [0.1, 0.15) is 38.3 Å². The average Bonchev–Trinajstić information content (AvgIpc) is 2.70. The lowest BCUT2D eigenvalue weighted by Gasteiger charge is -2.33. The second-order valence-electron chi connectivity index (χ2n) is 5.38. The first kappa shape index (κ1) is 16.4. The van der Waals surface area contributed by atoms with Crippen molar-refractivity contribution < 1.29 is 0 Å². The minimum Gasteiger partial charge on any atom is -0.328 e. The summed E-state index contributed by atoms with van der Waals surface area (Å²) in [4.78, 5) is 2.47. The summed E-state index contributed by atoms with van der Waals surface area (Å²) >= 11 is 0. The van der Waals surface area contributed by atoms with E-state index in [0.717, 1.165) is 37.8 Å². The van der Waals surface area contributed by atoms with Crippen molar-refractivity contribution in [1.82, 2.24) is 19.7 Å². The topological polar surface area (TPSA) is 60.0 Å². The van der Waals surface area contributed by atoms with Crippen molar-refractivity contribution in [3.8, 4) is 0 Å². The standard InChI is InChI=1S/C13H25N5.ClH/c1-4-18-11(3)15-16-13(18)9-17-7-5-12(6-8-17)10(2)14;/h10,12H,4-9,14H2,1-3H3;1H. The van der Waals surface area contributed by atoms with Gasteiger partial charge in [0.25, 0.3) is 0 Å². The number of rotatable bonds is 4. The van der Waals surface area contributed by atoms with Crippen LogP contribution in [0.25, 0.3) is 0 Å². The average molecular weight is 288 g/mol. The van der Waals surface area contributed by atoms with E-state index in [0.29, 0.717) is 12.0 Å². The Labute approximate surface area is 122 Å². The van der Waals surface area contributed by atoms with Crippen molar-refractivity contribution in [3.63, 3.8) is 0 Å². The third-order valence-corrected chi connectivity index (χ3v) is 4.07. The Bertz CT molecular complexity index is 382.